The Kier molecular flexibility index (Phi) is 8.98. The lowest BCUT2D eigenvalue weighted by Crippen LogP contribution is -2.07. The molecule has 0 bridgehead atoms. The minimum Gasteiger partial charge on any atom is -0.497 e. The lowest BCUT2D eigenvalue weighted by Gasteiger charge is -2.17. The fourth-order valence-corrected chi connectivity index (χ4v) is 3.48. The average Bonchev–Trinajstić information content (AvgIpc) is 2.86. The molecule has 0 heterocycles. The maximum atomic E-state index is 12.6. The van der Waals surface area contributed by atoms with E-state index in [-0.39, 0.29) is 17.4 Å². The standard InChI is InChI=1S/C26H28ClNO5/c1-30-20-9-5-18(6-10-20)16-32-24-14-13-22(23(29)4-3-15-28)25(27)26(24)33-17-19-7-11-21(31-2)12-8-19/h5-14H,3-4,15-17,28H2,1-2H3. The largest absolute Gasteiger partial charge is 0.497 e. The first kappa shape index (κ1) is 24.4. The van der Waals surface area contributed by atoms with Gasteiger partial charge in [0.2, 0.25) is 0 Å². The van der Waals surface area contributed by atoms with Gasteiger partial charge in [0, 0.05) is 12.0 Å². The lowest BCUT2D eigenvalue weighted by molar-refractivity contribution is 0.0980. The fraction of sp³-hybridized carbons (Fsp3) is 0.269. The van der Waals surface area contributed by atoms with E-state index in [1.807, 2.05) is 48.5 Å². The van der Waals surface area contributed by atoms with E-state index < -0.39 is 0 Å². The highest BCUT2D eigenvalue weighted by molar-refractivity contribution is 6.35. The van der Waals surface area contributed by atoms with Gasteiger partial charge in [-0.05, 0) is 60.5 Å². The second-order valence-electron chi connectivity index (χ2n) is 7.34. The molecule has 7 heteroatoms. The molecule has 0 fully saturated rings. The van der Waals surface area contributed by atoms with Gasteiger partial charge in [-0.2, -0.15) is 0 Å². The summed E-state index contributed by atoms with van der Waals surface area (Å²) >= 11 is 6.63. The van der Waals surface area contributed by atoms with Gasteiger partial charge < -0.3 is 24.7 Å². The summed E-state index contributed by atoms with van der Waals surface area (Å²) in [4.78, 5) is 12.6. The Bertz CT molecular complexity index is 1050. The molecule has 0 unspecified atom stereocenters. The van der Waals surface area contributed by atoms with Gasteiger partial charge in [0.25, 0.3) is 0 Å². The van der Waals surface area contributed by atoms with Gasteiger partial charge in [0.15, 0.2) is 17.3 Å². The van der Waals surface area contributed by atoms with E-state index in [1.165, 1.54) is 0 Å². The zero-order valence-corrected chi connectivity index (χ0v) is 19.6. The van der Waals surface area contributed by atoms with Gasteiger partial charge in [-0.15, -0.1) is 0 Å². The van der Waals surface area contributed by atoms with Crippen LogP contribution in [0.25, 0.3) is 0 Å². The molecule has 0 aliphatic carbocycles. The summed E-state index contributed by atoms with van der Waals surface area (Å²) in [5, 5.41) is 0.234. The number of ether oxygens (including phenoxy) is 4. The van der Waals surface area contributed by atoms with Crippen molar-refractivity contribution >= 4 is 17.4 Å². The topological polar surface area (TPSA) is 80.0 Å². The number of carbonyl (C=O) groups excluding carboxylic acids is 1. The summed E-state index contributed by atoms with van der Waals surface area (Å²) in [6.45, 7) is 0.996. The molecule has 174 valence electrons. The number of nitrogens with two attached hydrogens (primary N) is 1. The highest BCUT2D eigenvalue weighted by Gasteiger charge is 2.19. The molecule has 3 aromatic carbocycles. The van der Waals surface area contributed by atoms with E-state index >= 15 is 0 Å². The molecule has 2 N–H and O–H groups in total. The minimum atomic E-state index is -0.0820. The van der Waals surface area contributed by atoms with Gasteiger partial charge >= 0.3 is 0 Å². The summed E-state index contributed by atoms with van der Waals surface area (Å²) < 4.78 is 22.5. The van der Waals surface area contributed by atoms with E-state index in [4.69, 9.17) is 36.3 Å². The van der Waals surface area contributed by atoms with Crippen LogP contribution < -0.4 is 24.7 Å². The Morgan fingerprint density at radius 1 is 0.818 bits per heavy atom. The van der Waals surface area contributed by atoms with Crippen LogP contribution in [0.1, 0.15) is 34.3 Å². The molecule has 0 saturated heterocycles. The molecule has 0 radical (unpaired) electrons. The molecule has 0 aliphatic rings. The quantitative estimate of drug-likeness (QED) is 0.356. The number of Topliss-reactive ketones (excluding diaryl/α,β-unsaturated/α-hetero) is 1. The second-order valence-corrected chi connectivity index (χ2v) is 7.72. The van der Waals surface area contributed by atoms with Crippen molar-refractivity contribution in [1.29, 1.82) is 0 Å². The van der Waals surface area contributed by atoms with Crippen molar-refractivity contribution in [3.8, 4) is 23.0 Å². The SMILES string of the molecule is COc1ccc(COc2ccc(C(=O)CCCN)c(Cl)c2OCc2ccc(OC)cc2)cc1. The number of benzene rings is 3. The number of hydrogen-bond donors (Lipinski definition) is 1. The van der Waals surface area contributed by atoms with Crippen LogP contribution in [0.15, 0.2) is 60.7 Å². The molecule has 0 aromatic heterocycles. The van der Waals surface area contributed by atoms with Crippen LogP contribution in [-0.2, 0) is 13.2 Å². The second kappa shape index (κ2) is 12.1. The molecule has 33 heavy (non-hydrogen) atoms. The highest BCUT2D eigenvalue weighted by atomic mass is 35.5. The highest BCUT2D eigenvalue weighted by Crippen LogP contribution is 2.39. The van der Waals surface area contributed by atoms with Crippen molar-refractivity contribution in [1.82, 2.24) is 0 Å². The molecule has 3 aromatic rings. The zero-order chi connectivity index (χ0) is 23.6. The van der Waals surface area contributed by atoms with Crippen molar-refractivity contribution < 1.29 is 23.7 Å². The van der Waals surface area contributed by atoms with Crippen LogP contribution in [0, 0.1) is 0 Å². The number of rotatable bonds is 12. The maximum Gasteiger partial charge on any atom is 0.180 e. The van der Waals surface area contributed by atoms with Gasteiger partial charge in [0.05, 0.1) is 19.2 Å². The first-order valence-electron chi connectivity index (χ1n) is 10.6. The average molecular weight is 470 g/mol. The van der Waals surface area contributed by atoms with E-state index in [0.29, 0.717) is 43.1 Å². The Morgan fingerprint density at radius 2 is 1.36 bits per heavy atom. The lowest BCUT2D eigenvalue weighted by atomic mass is 10.1. The summed E-state index contributed by atoms with van der Waals surface area (Å²) in [6.07, 6.45) is 0.910. The summed E-state index contributed by atoms with van der Waals surface area (Å²) in [6, 6.07) is 18.5. The molecule has 3 rings (SSSR count). The first-order chi connectivity index (χ1) is 16.0. The number of halogens is 1. The molecule has 6 nitrogen and oxygen atoms in total. The van der Waals surface area contributed by atoms with Gasteiger partial charge in [-0.1, -0.05) is 35.9 Å². The molecule has 0 spiro atoms. The number of methoxy groups -OCH3 is 2. The van der Waals surface area contributed by atoms with Crippen molar-refractivity contribution in [3.05, 3.63) is 82.4 Å². The van der Waals surface area contributed by atoms with Crippen LogP contribution in [0.4, 0.5) is 0 Å². The van der Waals surface area contributed by atoms with Gasteiger partial charge in [-0.3, -0.25) is 4.79 Å². The van der Waals surface area contributed by atoms with E-state index in [1.54, 1.807) is 26.4 Å². The molecule has 0 aliphatic heterocycles. The third-order valence-corrected chi connectivity index (χ3v) is 5.44. The monoisotopic (exact) mass is 469 g/mol. The van der Waals surface area contributed by atoms with Crippen LogP contribution in [0.2, 0.25) is 5.02 Å². The first-order valence-corrected chi connectivity index (χ1v) is 11.0. The Balaban J connectivity index is 1.82. The van der Waals surface area contributed by atoms with Crippen molar-refractivity contribution in [2.75, 3.05) is 20.8 Å². The molecule has 0 amide bonds. The minimum absolute atomic E-state index is 0.0820. The third kappa shape index (κ3) is 6.63. The Morgan fingerprint density at radius 3 is 1.88 bits per heavy atom. The molecule has 0 atom stereocenters. The van der Waals surface area contributed by atoms with Crippen LogP contribution >= 0.6 is 11.6 Å². The number of hydrogen-bond acceptors (Lipinski definition) is 6. The van der Waals surface area contributed by atoms with Crippen LogP contribution in [-0.4, -0.2) is 26.5 Å². The Hall–Kier alpha value is -3.22. The Labute approximate surface area is 199 Å². The summed E-state index contributed by atoms with van der Waals surface area (Å²) in [5.41, 5.74) is 7.82. The van der Waals surface area contributed by atoms with Crippen molar-refractivity contribution in [3.63, 3.8) is 0 Å². The third-order valence-electron chi connectivity index (χ3n) is 5.06. The van der Waals surface area contributed by atoms with Gasteiger partial charge in [0.1, 0.15) is 24.7 Å². The normalized spacial score (nSPS) is 10.5. The van der Waals surface area contributed by atoms with Crippen molar-refractivity contribution in [2.24, 2.45) is 5.73 Å². The molecular weight excluding hydrogens is 442 g/mol. The van der Waals surface area contributed by atoms with E-state index in [9.17, 15) is 4.79 Å². The van der Waals surface area contributed by atoms with Crippen LogP contribution in [0.3, 0.4) is 0 Å². The smallest absolute Gasteiger partial charge is 0.180 e. The van der Waals surface area contributed by atoms with E-state index in [2.05, 4.69) is 0 Å². The van der Waals surface area contributed by atoms with Gasteiger partial charge in [-0.25, -0.2) is 0 Å². The predicted molar refractivity (Wildman–Crippen MR) is 129 cm³/mol. The number of ketones is 1. The summed E-state index contributed by atoms with van der Waals surface area (Å²) in [5.74, 6) is 2.24. The molecular formula is C26H28ClNO5. The summed E-state index contributed by atoms with van der Waals surface area (Å²) in [7, 11) is 3.24. The van der Waals surface area contributed by atoms with Crippen molar-refractivity contribution in [2.45, 2.75) is 26.1 Å². The molecule has 0 saturated carbocycles. The predicted octanol–water partition coefficient (Wildman–Crippen LogP) is 5.44. The van der Waals surface area contributed by atoms with Crippen LogP contribution in [0.5, 0.6) is 23.0 Å². The number of carbonyl (C=O) groups is 1. The van der Waals surface area contributed by atoms with E-state index in [0.717, 1.165) is 22.6 Å². The maximum absolute atomic E-state index is 12.6. The fourth-order valence-electron chi connectivity index (χ4n) is 3.16. The zero-order valence-electron chi connectivity index (χ0n) is 18.8.